The van der Waals surface area contributed by atoms with Crippen LogP contribution in [0.25, 0.3) is 28.0 Å². The lowest BCUT2D eigenvalue weighted by Crippen LogP contribution is -2.13. The van der Waals surface area contributed by atoms with E-state index in [2.05, 4.69) is 21.4 Å². The van der Waals surface area contributed by atoms with Gasteiger partial charge in [0.05, 0.1) is 23.7 Å². The van der Waals surface area contributed by atoms with Crippen LogP contribution in [0.2, 0.25) is 0 Å². The summed E-state index contributed by atoms with van der Waals surface area (Å²) >= 11 is 0. The minimum atomic E-state index is -4.49. The van der Waals surface area contributed by atoms with Crippen molar-refractivity contribution in [3.05, 3.63) is 108 Å². The average Bonchev–Trinajstić information content (AvgIpc) is 3.32. The lowest BCUT2D eigenvalue weighted by Gasteiger charge is -2.14. The van der Waals surface area contributed by atoms with E-state index in [1.807, 2.05) is 48.8 Å². The van der Waals surface area contributed by atoms with Crippen molar-refractivity contribution < 1.29 is 18.0 Å². The number of carbonyl (C=O) groups is 1. The fourth-order valence-electron chi connectivity index (χ4n) is 4.38. The Labute approximate surface area is 211 Å². The first-order valence-corrected chi connectivity index (χ1v) is 11.7. The molecule has 1 amide bonds. The molecule has 5 aromatic rings. The molecule has 3 aromatic carbocycles. The highest BCUT2D eigenvalue weighted by Crippen LogP contribution is 2.33. The van der Waals surface area contributed by atoms with Gasteiger partial charge in [-0.2, -0.15) is 13.2 Å². The third-order valence-corrected chi connectivity index (χ3v) is 6.34. The zero-order valence-electron chi connectivity index (χ0n) is 20.2. The molecule has 0 fully saturated rings. The largest absolute Gasteiger partial charge is 0.416 e. The topological polar surface area (TPSA) is 59.3 Å². The van der Waals surface area contributed by atoms with Crippen LogP contribution < -0.4 is 5.32 Å². The molecular formula is C29H23F3N4O. The maximum Gasteiger partial charge on any atom is 0.416 e. The highest BCUT2D eigenvalue weighted by atomic mass is 19.4. The van der Waals surface area contributed by atoms with E-state index >= 15 is 0 Å². The average molecular weight is 501 g/mol. The van der Waals surface area contributed by atoms with Gasteiger partial charge in [-0.05, 0) is 72.0 Å². The number of aromatic nitrogens is 3. The third-order valence-electron chi connectivity index (χ3n) is 6.34. The van der Waals surface area contributed by atoms with Crippen LogP contribution in [0.15, 0.2) is 85.5 Å². The maximum absolute atomic E-state index is 13.1. The van der Waals surface area contributed by atoms with Gasteiger partial charge in [0.1, 0.15) is 0 Å². The molecule has 0 spiro atoms. The second-order valence-electron chi connectivity index (χ2n) is 8.74. The van der Waals surface area contributed by atoms with Gasteiger partial charge in [-0.1, -0.05) is 31.2 Å². The summed E-state index contributed by atoms with van der Waals surface area (Å²) in [5, 5.41) is 2.59. The summed E-state index contributed by atoms with van der Waals surface area (Å²) < 4.78 is 41.2. The van der Waals surface area contributed by atoms with Crippen LogP contribution in [0.1, 0.15) is 34.0 Å². The number of hydrogen-bond donors (Lipinski definition) is 1. The molecule has 1 N–H and O–H groups in total. The molecule has 8 heteroatoms. The number of aryl methyl sites for hydroxylation is 2. The van der Waals surface area contributed by atoms with Gasteiger partial charge in [0.15, 0.2) is 5.65 Å². The number of nitrogens with one attached hydrogen (secondary N) is 1. The normalized spacial score (nSPS) is 11.6. The molecule has 0 aliphatic heterocycles. The summed E-state index contributed by atoms with van der Waals surface area (Å²) in [6, 6.07) is 16.1. The summed E-state index contributed by atoms with van der Waals surface area (Å²) in [7, 11) is 0. The number of hydrogen-bond acceptors (Lipinski definition) is 3. The van der Waals surface area contributed by atoms with Crippen LogP contribution in [-0.4, -0.2) is 20.3 Å². The molecule has 5 rings (SSSR count). The second kappa shape index (κ2) is 9.54. The number of imidazole rings is 1. The van der Waals surface area contributed by atoms with Crippen LogP contribution in [-0.2, 0) is 12.6 Å². The van der Waals surface area contributed by atoms with Gasteiger partial charge in [0, 0.05) is 29.2 Å². The lowest BCUT2D eigenvalue weighted by atomic mass is 9.92. The smallest absolute Gasteiger partial charge is 0.322 e. The molecule has 37 heavy (non-hydrogen) atoms. The highest BCUT2D eigenvalue weighted by Gasteiger charge is 2.30. The van der Waals surface area contributed by atoms with E-state index in [0.717, 1.165) is 57.7 Å². The first-order valence-electron chi connectivity index (χ1n) is 11.7. The summed E-state index contributed by atoms with van der Waals surface area (Å²) in [6.45, 7) is 4.06. The van der Waals surface area contributed by atoms with Crippen LogP contribution in [0, 0.1) is 6.92 Å². The van der Waals surface area contributed by atoms with E-state index < -0.39 is 17.6 Å². The number of nitrogens with zero attached hydrogens (tertiary/aromatic N) is 3. The molecular weight excluding hydrogens is 477 g/mol. The van der Waals surface area contributed by atoms with Crippen molar-refractivity contribution in [2.24, 2.45) is 0 Å². The van der Waals surface area contributed by atoms with Crippen molar-refractivity contribution in [1.29, 1.82) is 0 Å². The summed E-state index contributed by atoms with van der Waals surface area (Å²) in [5.41, 5.74) is 6.21. The van der Waals surface area contributed by atoms with Crippen LogP contribution in [0.3, 0.4) is 0 Å². The fraction of sp³-hybridized carbons (Fsp3) is 0.138. The Hall–Kier alpha value is -4.46. The van der Waals surface area contributed by atoms with E-state index in [4.69, 9.17) is 0 Å². The second-order valence-corrected chi connectivity index (χ2v) is 8.74. The zero-order chi connectivity index (χ0) is 26.2. The van der Waals surface area contributed by atoms with E-state index in [1.54, 1.807) is 24.5 Å². The monoisotopic (exact) mass is 500 g/mol. The molecule has 0 saturated carbocycles. The molecule has 2 aromatic heterocycles. The Balaban J connectivity index is 1.52. The van der Waals surface area contributed by atoms with Crippen LogP contribution >= 0.6 is 0 Å². The predicted octanol–water partition coefficient (Wildman–Crippen LogP) is 7.21. The van der Waals surface area contributed by atoms with Crippen LogP contribution in [0.4, 0.5) is 18.9 Å². The highest BCUT2D eigenvalue weighted by molar-refractivity contribution is 6.05. The van der Waals surface area contributed by atoms with E-state index in [0.29, 0.717) is 5.56 Å². The Morgan fingerprint density at radius 2 is 1.84 bits per heavy atom. The van der Waals surface area contributed by atoms with E-state index in [1.165, 1.54) is 12.1 Å². The quantitative estimate of drug-likeness (QED) is 0.278. The first-order chi connectivity index (χ1) is 17.7. The number of rotatable bonds is 5. The van der Waals surface area contributed by atoms with Crippen molar-refractivity contribution in [3.63, 3.8) is 0 Å². The Bertz CT molecular complexity index is 1620. The number of fused-ring (bicyclic) bond motifs is 1. The maximum atomic E-state index is 13.1. The van der Waals surface area contributed by atoms with Gasteiger partial charge in [0.25, 0.3) is 5.91 Å². The minimum absolute atomic E-state index is 0.0839. The predicted molar refractivity (Wildman–Crippen MR) is 137 cm³/mol. The number of benzene rings is 3. The number of anilines is 1. The van der Waals surface area contributed by atoms with E-state index in [-0.39, 0.29) is 5.69 Å². The van der Waals surface area contributed by atoms with Crippen molar-refractivity contribution in [3.8, 4) is 22.4 Å². The fourth-order valence-corrected chi connectivity index (χ4v) is 4.38. The molecule has 5 nitrogen and oxygen atoms in total. The Morgan fingerprint density at radius 1 is 1.00 bits per heavy atom. The molecule has 0 unspecified atom stereocenters. The van der Waals surface area contributed by atoms with Crippen molar-refractivity contribution in [2.75, 3.05) is 5.32 Å². The minimum Gasteiger partial charge on any atom is -0.322 e. The van der Waals surface area contributed by atoms with Crippen molar-refractivity contribution in [2.45, 2.75) is 26.4 Å². The molecule has 0 saturated heterocycles. The first kappa shape index (κ1) is 24.2. The Kier molecular flexibility index (Phi) is 6.25. The summed E-state index contributed by atoms with van der Waals surface area (Å²) in [4.78, 5) is 21.6. The SMILES string of the molecule is CCc1ccc(C(=O)Nc2cccc(C(F)(F)F)c2)cc1-c1ccc(C)c(-c2cnc3cnccn23)c1. The van der Waals surface area contributed by atoms with Gasteiger partial charge >= 0.3 is 6.18 Å². The number of amides is 1. The lowest BCUT2D eigenvalue weighted by molar-refractivity contribution is -0.137. The summed E-state index contributed by atoms with van der Waals surface area (Å²) in [5.74, 6) is -0.482. The molecule has 0 aliphatic carbocycles. The number of halogens is 3. The molecule has 186 valence electrons. The van der Waals surface area contributed by atoms with Gasteiger partial charge in [-0.15, -0.1) is 0 Å². The molecule has 0 atom stereocenters. The standard InChI is InChI=1S/C29H23F3N4O/c1-3-19-9-10-21(28(37)35-23-6-4-5-22(15-23)29(30,31)32)14-25(19)20-8-7-18(2)24(13-20)26-16-34-27-17-33-11-12-36(26)27/h4-17H,3H2,1-2H3,(H,35,37). The third kappa shape index (κ3) is 4.82. The number of alkyl halides is 3. The Morgan fingerprint density at radius 3 is 2.62 bits per heavy atom. The van der Waals surface area contributed by atoms with Gasteiger partial charge in [-0.3, -0.25) is 14.2 Å². The van der Waals surface area contributed by atoms with Crippen molar-refractivity contribution in [1.82, 2.24) is 14.4 Å². The van der Waals surface area contributed by atoms with Gasteiger partial charge < -0.3 is 5.32 Å². The zero-order valence-corrected chi connectivity index (χ0v) is 20.2. The molecule has 0 radical (unpaired) electrons. The van der Waals surface area contributed by atoms with Gasteiger partial charge in [0.2, 0.25) is 0 Å². The molecule has 0 aliphatic rings. The molecule has 0 bridgehead atoms. The summed E-state index contributed by atoms with van der Waals surface area (Å²) in [6.07, 6.45) is 3.33. The molecule has 2 heterocycles. The van der Waals surface area contributed by atoms with Gasteiger partial charge in [-0.25, -0.2) is 4.98 Å². The number of carbonyl (C=O) groups excluding carboxylic acids is 1. The van der Waals surface area contributed by atoms with Crippen LogP contribution in [0.5, 0.6) is 0 Å². The van der Waals surface area contributed by atoms with Crippen molar-refractivity contribution >= 4 is 17.2 Å². The van der Waals surface area contributed by atoms with E-state index in [9.17, 15) is 18.0 Å².